The van der Waals surface area contributed by atoms with Crippen molar-refractivity contribution in [2.24, 2.45) is 5.92 Å². The van der Waals surface area contributed by atoms with Crippen molar-refractivity contribution in [1.29, 1.82) is 5.26 Å². The van der Waals surface area contributed by atoms with Gasteiger partial charge in [-0.15, -0.1) is 11.3 Å². The molecule has 9 heteroatoms. The molecule has 0 radical (unpaired) electrons. The van der Waals surface area contributed by atoms with E-state index in [1.165, 1.54) is 0 Å². The molecule has 33 heavy (non-hydrogen) atoms. The average molecular weight is 479 g/mol. The van der Waals surface area contributed by atoms with Gasteiger partial charge in [0.2, 0.25) is 11.8 Å². The number of thiophene rings is 1. The number of nitrogens with one attached hydrogen (secondary N) is 2. The van der Waals surface area contributed by atoms with E-state index in [1.807, 2.05) is 6.07 Å². The van der Waals surface area contributed by atoms with Crippen molar-refractivity contribution in [2.45, 2.75) is 13.3 Å². The summed E-state index contributed by atoms with van der Waals surface area (Å²) < 4.78 is 0. The lowest BCUT2D eigenvalue weighted by Crippen LogP contribution is -2.28. The van der Waals surface area contributed by atoms with Crippen LogP contribution in [0.3, 0.4) is 0 Å². The third-order valence-electron chi connectivity index (χ3n) is 5.37. The van der Waals surface area contributed by atoms with Crippen LogP contribution >= 0.6 is 22.9 Å². The van der Waals surface area contributed by atoms with Crippen molar-refractivity contribution in [1.82, 2.24) is 0 Å². The molecular weight excluding hydrogens is 460 g/mol. The predicted molar refractivity (Wildman–Crippen MR) is 129 cm³/mol. The minimum atomic E-state index is -0.580. The second-order valence-corrected chi connectivity index (χ2v) is 9.02. The highest BCUT2D eigenvalue weighted by atomic mass is 35.5. The van der Waals surface area contributed by atoms with Gasteiger partial charge in [-0.05, 0) is 48.9 Å². The molecule has 3 amide bonds. The van der Waals surface area contributed by atoms with Crippen molar-refractivity contribution in [3.63, 3.8) is 0 Å². The quantitative estimate of drug-likeness (QED) is 0.548. The van der Waals surface area contributed by atoms with Gasteiger partial charge < -0.3 is 15.5 Å². The summed E-state index contributed by atoms with van der Waals surface area (Å²) in [7, 11) is 0. The van der Waals surface area contributed by atoms with Gasteiger partial charge >= 0.3 is 0 Å². The topological polar surface area (TPSA) is 102 Å². The molecule has 2 N–H and O–H groups in total. The van der Waals surface area contributed by atoms with Crippen molar-refractivity contribution in [2.75, 3.05) is 22.1 Å². The first-order valence-corrected chi connectivity index (χ1v) is 11.3. The molecular formula is C24H19ClN4O3S. The first kappa shape index (κ1) is 22.5. The molecule has 0 spiro atoms. The normalized spacial score (nSPS) is 15.2. The Balaban J connectivity index is 1.49. The van der Waals surface area contributed by atoms with Gasteiger partial charge in [-0.1, -0.05) is 29.8 Å². The zero-order chi connectivity index (χ0) is 23.5. The zero-order valence-electron chi connectivity index (χ0n) is 17.6. The van der Waals surface area contributed by atoms with E-state index in [4.69, 9.17) is 11.6 Å². The molecule has 1 aliphatic heterocycles. The van der Waals surface area contributed by atoms with E-state index in [1.54, 1.807) is 60.4 Å². The number of nitriles is 1. The van der Waals surface area contributed by atoms with Gasteiger partial charge in [0.15, 0.2) is 0 Å². The van der Waals surface area contributed by atoms with Crippen LogP contribution in [0.25, 0.3) is 0 Å². The highest BCUT2D eigenvalue weighted by Gasteiger charge is 2.36. The lowest BCUT2D eigenvalue weighted by molar-refractivity contribution is -0.122. The number of benzene rings is 2. The van der Waals surface area contributed by atoms with Gasteiger partial charge in [0, 0.05) is 29.4 Å². The Morgan fingerprint density at radius 2 is 1.82 bits per heavy atom. The fourth-order valence-corrected chi connectivity index (χ4v) is 4.81. The summed E-state index contributed by atoms with van der Waals surface area (Å²) in [5, 5.41) is 16.0. The monoisotopic (exact) mass is 478 g/mol. The van der Waals surface area contributed by atoms with Gasteiger partial charge in [0.25, 0.3) is 5.91 Å². The molecule has 1 unspecified atom stereocenters. The van der Waals surface area contributed by atoms with Crippen molar-refractivity contribution >= 4 is 57.0 Å². The van der Waals surface area contributed by atoms with Crippen LogP contribution in [-0.4, -0.2) is 24.3 Å². The smallest absolute Gasteiger partial charge is 0.266 e. The summed E-state index contributed by atoms with van der Waals surface area (Å²) >= 11 is 6.96. The van der Waals surface area contributed by atoms with Crippen LogP contribution in [0.1, 0.15) is 27.2 Å². The molecule has 4 rings (SSSR count). The Labute approximate surface area is 199 Å². The summed E-state index contributed by atoms with van der Waals surface area (Å²) in [6.45, 7) is 1.89. The van der Waals surface area contributed by atoms with Gasteiger partial charge in [-0.3, -0.25) is 14.4 Å². The van der Waals surface area contributed by atoms with Crippen molar-refractivity contribution in [3.8, 4) is 6.07 Å². The van der Waals surface area contributed by atoms with Crippen LogP contribution in [0, 0.1) is 24.2 Å². The number of anilines is 3. The molecule has 0 bridgehead atoms. The number of hydrogen-bond donors (Lipinski definition) is 2. The number of amides is 3. The molecule has 3 aromatic rings. The lowest BCUT2D eigenvalue weighted by Gasteiger charge is -2.16. The van der Waals surface area contributed by atoms with Crippen LogP contribution in [0.2, 0.25) is 5.02 Å². The molecule has 0 saturated carbocycles. The number of rotatable bonds is 5. The van der Waals surface area contributed by atoms with Crippen LogP contribution in [0.15, 0.2) is 54.6 Å². The minimum Gasteiger partial charge on any atom is -0.321 e. The van der Waals surface area contributed by atoms with Crippen LogP contribution in [0.4, 0.5) is 16.4 Å². The van der Waals surface area contributed by atoms with E-state index in [0.29, 0.717) is 31.8 Å². The largest absolute Gasteiger partial charge is 0.321 e. The second kappa shape index (κ2) is 9.45. The van der Waals surface area contributed by atoms with Gasteiger partial charge in [-0.2, -0.15) is 5.26 Å². The number of carbonyl (C=O) groups is 3. The highest BCUT2D eigenvalue weighted by molar-refractivity contribution is 7.18. The third kappa shape index (κ3) is 4.75. The van der Waals surface area contributed by atoms with Gasteiger partial charge in [0.1, 0.15) is 11.1 Å². The van der Waals surface area contributed by atoms with E-state index in [0.717, 1.165) is 11.3 Å². The van der Waals surface area contributed by atoms with E-state index in [-0.39, 0.29) is 36.3 Å². The van der Waals surface area contributed by atoms with Crippen LogP contribution in [0.5, 0.6) is 0 Å². The average Bonchev–Trinajstić information content (AvgIpc) is 3.34. The molecule has 7 nitrogen and oxygen atoms in total. The van der Waals surface area contributed by atoms with E-state index in [9.17, 15) is 19.6 Å². The maximum atomic E-state index is 12.9. The Kier molecular flexibility index (Phi) is 6.45. The highest BCUT2D eigenvalue weighted by Crippen LogP contribution is 2.34. The number of hydrogen-bond acceptors (Lipinski definition) is 5. The number of halogens is 1. The Morgan fingerprint density at radius 1 is 1.12 bits per heavy atom. The van der Waals surface area contributed by atoms with Crippen molar-refractivity contribution < 1.29 is 14.4 Å². The standard InChI is InChI=1S/C24H19ClN4O3S/c1-14-19(12-26)24(33-21(14)23(32)27-17-5-3-2-4-6-17)28-22(31)15-11-20(30)29(13-15)18-9-7-16(25)8-10-18/h2-10,15H,11,13H2,1H3,(H,27,32)(H,28,31). The first-order valence-electron chi connectivity index (χ1n) is 10.1. The lowest BCUT2D eigenvalue weighted by atomic mass is 10.1. The minimum absolute atomic E-state index is 0.0576. The molecule has 1 atom stereocenters. The summed E-state index contributed by atoms with van der Waals surface area (Å²) in [6, 6.07) is 17.9. The predicted octanol–water partition coefficient (Wildman–Crippen LogP) is 4.83. The summed E-state index contributed by atoms with van der Waals surface area (Å²) in [6.07, 6.45) is 0.0576. The van der Waals surface area contributed by atoms with Gasteiger partial charge in [0.05, 0.1) is 16.4 Å². The van der Waals surface area contributed by atoms with Crippen LogP contribution in [-0.2, 0) is 9.59 Å². The SMILES string of the molecule is Cc1c(C(=O)Nc2ccccc2)sc(NC(=O)C2CC(=O)N(c3ccc(Cl)cc3)C2)c1C#N. The van der Waals surface area contributed by atoms with Crippen LogP contribution < -0.4 is 15.5 Å². The Hall–Kier alpha value is -3.67. The number of para-hydroxylation sites is 1. The molecule has 1 fully saturated rings. The molecule has 1 aromatic heterocycles. The molecule has 166 valence electrons. The van der Waals surface area contributed by atoms with E-state index in [2.05, 4.69) is 16.7 Å². The maximum absolute atomic E-state index is 12.9. The van der Waals surface area contributed by atoms with E-state index < -0.39 is 5.92 Å². The van der Waals surface area contributed by atoms with Crippen molar-refractivity contribution in [3.05, 3.63) is 75.6 Å². The molecule has 0 aliphatic carbocycles. The third-order valence-corrected chi connectivity index (χ3v) is 6.83. The maximum Gasteiger partial charge on any atom is 0.266 e. The summed E-state index contributed by atoms with van der Waals surface area (Å²) in [5.41, 5.74) is 2.04. The first-order chi connectivity index (χ1) is 15.9. The molecule has 2 heterocycles. The van der Waals surface area contributed by atoms with E-state index >= 15 is 0 Å². The summed E-state index contributed by atoms with van der Waals surface area (Å²) in [5.74, 6) is -1.47. The fourth-order valence-electron chi connectivity index (χ4n) is 3.63. The summed E-state index contributed by atoms with van der Waals surface area (Å²) in [4.78, 5) is 40.0. The zero-order valence-corrected chi connectivity index (χ0v) is 19.2. The second-order valence-electron chi connectivity index (χ2n) is 7.56. The number of carbonyl (C=O) groups excluding carboxylic acids is 3. The van der Waals surface area contributed by atoms with Gasteiger partial charge in [-0.25, -0.2) is 0 Å². The fraction of sp³-hybridized carbons (Fsp3) is 0.167. The molecule has 1 aliphatic rings. The Morgan fingerprint density at radius 3 is 2.48 bits per heavy atom. The molecule has 2 aromatic carbocycles. The number of nitrogens with zero attached hydrogens (tertiary/aromatic N) is 2. The Bertz CT molecular complexity index is 1270. The molecule has 1 saturated heterocycles.